The first kappa shape index (κ1) is 25.3. The number of rotatable bonds is 17. The van der Waals surface area contributed by atoms with Crippen molar-refractivity contribution >= 4 is 5.78 Å². The van der Waals surface area contributed by atoms with Crippen molar-refractivity contribution in [3.05, 3.63) is 11.6 Å². The van der Waals surface area contributed by atoms with Gasteiger partial charge in [-0.2, -0.15) is 0 Å². The highest BCUT2D eigenvalue weighted by atomic mass is 16.6. The van der Waals surface area contributed by atoms with E-state index < -0.39 is 12.2 Å². The molecule has 0 saturated carbocycles. The third-order valence-electron chi connectivity index (χ3n) is 4.88. The van der Waals surface area contributed by atoms with Crippen LogP contribution in [-0.2, 0) is 23.7 Å². The first-order chi connectivity index (χ1) is 13.7. The molecule has 0 fully saturated rings. The minimum Gasteiger partial charge on any atom is -0.377 e. The molecule has 1 rings (SSSR count). The first-order valence-electron chi connectivity index (χ1n) is 11.4. The summed E-state index contributed by atoms with van der Waals surface area (Å²) in [6.07, 6.45) is 8.53. The predicted molar refractivity (Wildman–Crippen MR) is 113 cm³/mol. The fourth-order valence-electron chi connectivity index (χ4n) is 3.07. The average molecular weight is 399 g/mol. The summed E-state index contributed by atoms with van der Waals surface area (Å²) in [5.41, 5.74) is 0.883. The molecule has 5 nitrogen and oxygen atoms in total. The highest BCUT2D eigenvalue weighted by molar-refractivity contribution is 5.96. The van der Waals surface area contributed by atoms with E-state index in [2.05, 4.69) is 27.7 Å². The smallest absolute Gasteiger partial charge is 0.187 e. The number of carbonyl (C=O) groups is 1. The Morgan fingerprint density at radius 2 is 1.21 bits per heavy atom. The molecule has 0 spiro atoms. The molecular formula is C23H42O5. The lowest BCUT2D eigenvalue weighted by Gasteiger charge is -2.37. The van der Waals surface area contributed by atoms with Crippen molar-refractivity contribution in [3.63, 3.8) is 0 Å². The molecule has 0 bridgehead atoms. The number of unbranched alkanes of at least 4 members (excludes halogenated alkanes) is 4. The summed E-state index contributed by atoms with van der Waals surface area (Å²) in [6, 6.07) is 0. The van der Waals surface area contributed by atoms with Gasteiger partial charge in [-0.15, -0.1) is 0 Å². The summed E-state index contributed by atoms with van der Waals surface area (Å²) in [6.45, 7) is 11.5. The van der Waals surface area contributed by atoms with Gasteiger partial charge in [0.25, 0.3) is 0 Å². The maximum atomic E-state index is 12.8. The SMILES string of the molecule is CCCCOCC1=CC(=O)[C@H](OCCCC)[C@@H](OCCCC)[C@@H]1OCCCC. The quantitative estimate of drug-likeness (QED) is 0.327. The van der Waals surface area contributed by atoms with Gasteiger partial charge in [-0.25, -0.2) is 0 Å². The molecule has 0 heterocycles. The van der Waals surface area contributed by atoms with Crippen molar-refractivity contribution in [2.45, 2.75) is 97.4 Å². The van der Waals surface area contributed by atoms with E-state index in [0.29, 0.717) is 33.0 Å². The maximum Gasteiger partial charge on any atom is 0.187 e. The number of ether oxygens (including phenoxy) is 4. The summed E-state index contributed by atoms with van der Waals surface area (Å²) >= 11 is 0. The normalized spacial score (nSPS) is 22.5. The topological polar surface area (TPSA) is 54.0 Å². The molecule has 0 amide bonds. The number of carbonyl (C=O) groups excluding carboxylic acids is 1. The minimum absolute atomic E-state index is 0.0259. The number of hydrogen-bond acceptors (Lipinski definition) is 5. The molecule has 1 aliphatic rings. The molecule has 0 saturated heterocycles. The highest BCUT2D eigenvalue weighted by Gasteiger charge is 2.42. The fraction of sp³-hybridized carbons (Fsp3) is 0.870. The molecule has 0 unspecified atom stereocenters. The molecular weight excluding hydrogens is 356 g/mol. The van der Waals surface area contributed by atoms with Crippen molar-refractivity contribution in [2.24, 2.45) is 0 Å². The third-order valence-corrected chi connectivity index (χ3v) is 4.88. The van der Waals surface area contributed by atoms with Crippen LogP contribution in [-0.4, -0.2) is 57.1 Å². The molecule has 0 radical (unpaired) electrons. The van der Waals surface area contributed by atoms with Crippen LogP contribution in [0.1, 0.15) is 79.1 Å². The minimum atomic E-state index is -0.588. The Morgan fingerprint density at radius 1 is 0.714 bits per heavy atom. The van der Waals surface area contributed by atoms with E-state index in [-0.39, 0.29) is 11.9 Å². The first-order valence-corrected chi connectivity index (χ1v) is 11.4. The van der Waals surface area contributed by atoms with Gasteiger partial charge in [-0.3, -0.25) is 4.79 Å². The lowest BCUT2D eigenvalue weighted by atomic mass is 9.90. The third kappa shape index (κ3) is 9.17. The molecule has 28 heavy (non-hydrogen) atoms. The van der Waals surface area contributed by atoms with E-state index >= 15 is 0 Å². The molecule has 5 heteroatoms. The fourth-order valence-corrected chi connectivity index (χ4v) is 3.07. The lowest BCUT2D eigenvalue weighted by Crippen LogP contribution is -2.51. The van der Waals surface area contributed by atoms with Gasteiger partial charge in [0.2, 0.25) is 0 Å². The van der Waals surface area contributed by atoms with E-state index in [1.165, 1.54) is 0 Å². The van der Waals surface area contributed by atoms with E-state index in [4.69, 9.17) is 18.9 Å². The van der Waals surface area contributed by atoms with Crippen LogP contribution in [0.15, 0.2) is 11.6 Å². The zero-order valence-electron chi connectivity index (χ0n) is 18.5. The van der Waals surface area contributed by atoms with Crippen LogP contribution < -0.4 is 0 Å². The van der Waals surface area contributed by atoms with E-state index in [9.17, 15) is 4.79 Å². The molecule has 0 aliphatic heterocycles. The molecule has 3 atom stereocenters. The van der Waals surface area contributed by atoms with Crippen LogP contribution in [0.5, 0.6) is 0 Å². The zero-order valence-corrected chi connectivity index (χ0v) is 18.5. The average Bonchev–Trinajstić information content (AvgIpc) is 2.69. The van der Waals surface area contributed by atoms with Crippen LogP contribution in [0.4, 0.5) is 0 Å². The van der Waals surface area contributed by atoms with Crippen molar-refractivity contribution < 1.29 is 23.7 Å². The highest BCUT2D eigenvalue weighted by Crippen LogP contribution is 2.27. The maximum absolute atomic E-state index is 12.8. The summed E-state index contributed by atoms with van der Waals surface area (Å²) in [5, 5.41) is 0. The van der Waals surface area contributed by atoms with Crippen LogP contribution in [0.25, 0.3) is 0 Å². The van der Waals surface area contributed by atoms with Crippen LogP contribution in [0.3, 0.4) is 0 Å². The Balaban J connectivity index is 2.93. The second-order valence-electron chi connectivity index (χ2n) is 7.51. The molecule has 0 aromatic heterocycles. The summed E-state index contributed by atoms with van der Waals surface area (Å²) in [5.74, 6) is -0.0259. The van der Waals surface area contributed by atoms with Crippen molar-refractivity contribution in [1.82, 2.24) is 0 Å². The van der Waals surface area contributed by atoms with Gasteiger partial charge in [0.05, 0.1) is 6.61 Å². The van der Waals surface area contributed by atoms with Crippen molar-refractivity contribution in [1.29, 1.82) is 0 Å². The Kier molecular flexibility index (Phi) is 14.5. The molecule has 1 aliphatic carbocycles. The van der Waals surface area contributed by atoms with Gasteiger partial charge in [0.15, 0.2) is 5.78 Å². The van der Waals surface area contributed by atoms with Crippen molar-refractivity contribution in [2.75, 3.05) is 33.0 Å². The van der Waals surface area contributed by atoms with Gasteiger partial charge >= 0.3 is 0 Å². The second-order valence-corrected chi connectivity index (χ2v) is 7.51. The molecule has 0 aromatic rings. The number of hydrogen-bond donors (Lipinski definition) is 0. The Hall–Kier alpha value is -0.750. The van der Waals surface area contributed by atoms with E-state index in [1.54, 1.807) is 6.08 Å². The monoisotopic (exact) mass is 398 g/mol. The largest absolute Gasteiger partial charge is 0.377 e. The second kappa shape index (κ2) is 16.1. The number of ketones is 1. The Bertz CT molecular complexity index is 435. The zero-order chi connectivity index (χ0) is 20.6. The van der Waals surface area contributed by atoms with Gasteiger partial charge in [-0.05, 0) is 37.3 Å². The molecule has 164 valence electrons. The molecule has 0 N–H and O–H groups in total. The van der Waals surface area contributed by atoms with Crippen LogP contribution in [0, 0.1) is 0 Å². The Morgan fingerprint density at radius 3 is 1.79 bits per heavy atom. The summed E-state index contributed by atoms with van der Waals surface area (Å²) < 4.78 is 24.2. The van der Waals surface area contributed by atoms with Crippen molar-refractivity contribution in [3.8, 4) is 0 Å². The van der Waals surface area contributed by atoms with Gasteiger partial charge in [-0.1, -0.05) is 53.4 Å². The van der Waals surface area contributed by atoms with Crippen LogP contribution >= 0.6 is 0 Å². The summed E-state index contributed by atoms with van der Waals surface area (Å²) in [7, 11) is 0. The Labute approximate surface area is 172 Å². The van der Waals surface area contributed by atoms with E-state index in [1.807, 2.05) is 0 Å². The standard InChI is InChI=1S/C23H42O5/c1-5-9-13-25-18-19-17-20(24)22(27-15-11-7-3)23(28-16-12-8-4)21(19)26-14-10-6-2/h17,21-23H,5-16,18H2,1-4H3/t21-,22+,23+/m1/s1. The van der Waals surface area contributed by atoms with Crippen LogP contribution in [0.2, 0.25) is 0 Å². The lowest BCUT2D eigenvalue weighted by molar-refractivity contribution is -0.157. The van der Waals surface area contributed by atoms with E-state index in [0.717, 1.165) is 56.9 Å². The van der Waals surface area contributed by atoms with Gasteiger partial charge < -0.3 is 18.9 Å². The van der Waals surface area contributed by atoms with Gasteiger partial charge in [0.1, 0.15) is 18.3 Å². The van der Waals surface area contributed by atoms with Gasteiger partial charge in [0, 0.05) is 26.4 Å². The predicted octanol–water partition coefficient (Wildman–Crippen LogP) is 4.87. The summed E-state index contributed by atoms with van der Waals surface area (Å²) in [4.78, 5) is 12.8. The molecule has 0 aromatic carbocycles.